The summed E-state index contributed by atoms with van der Waals surface area (Å²) in [4.78, 5) is 17.0. The van der Waals surface area contributed by atoms with Gasteiger partial charge in [-0.1, -0.05) is 54.0 Å². The lowest BCUT2D eigenvalue weighted by Gasteiger charge is -2.11. The standard InChI is InChI=1S/C22H19ClN4O2/c1-2-15-7-3-4-10-18(15)24-20(28)14-27-12-6-11-19(27)22-25-21(26-29-22)16-8-5-9-17(23)13-16/h3-13H,2,14H2,1H3,(H,24,28). The largest absolute Gasteiger partial charge is 0.334 e. The van der Waals surface area contributed by atoms with Gasteiger partial charge in [-0.15, -0.1) is 0 Å². The van der Waals surface area contributed by atoms with E-state index in [1.807, 2.05) is 54.7 Å². The van der Waals surface area contributed by atoms with Crippen molar-refractivity contribution >= 4 is 23.2 Å². The average molecular weight is 407 g/mol. The molecular formula is C22H19ClN4O2. The topological polar surface area (TPSA) is 73.0 Å². The molecule has 0 spiro atoms. The summed E-state index contributed by atoms with van der Waals surface area (Å²) < 4.78 is 7.20. The summed E-state index contributed by atoms with van der Waals surface area (Å²) in [5.74, 6) is 0.654. The molecule has 0 unspecified atom stereocenters. The van der Waals surface area contributed by atoms with Crippen LogP contribution in [-0.2, 0) is 17.8 Å². The van der Waals surface area contributed by atoms with Gasteiger partial charge in [0, 0.05) is 22.5 Å². The summed E-state index contributed by atoms with van der Waals surface area (Å²) in [7, 11) is 0. The smallest absolute Gasteiger partial charge is 0.274 e. The number of hydrogen-bond donors (Lipinski definition) is 1. The summed E-state index contributed by atoms with van der Waals surface area (Å²) >= 11 is 6.04. The van der Waals surface area contributed by atoms with Gasteiger partial charge in [0.05, 0.1) is 0 Å². The van der Waals surface area contributed by atoms with E-state index in [9.17, 15) is 4.79 Å². The van der Waals surface area contributed by atoms with Crippen molar-refractivity contribution in [2.24, 2.45) is 0 Å². The minimum atomic E-state index is -0.127. The maximum atomic E-state index is 12.6. The number of carbonyl (C=O) groups excluding carboxylic acids is 1. The molecule has 0 aliphatic rings. The Kier molecular flexibility index (Phi) is 5.44. The second-order valence-electron chi connectivity index (χ2n) is 6.51. The van der Waals surface area contributed by atoms with Crippen LogP contribution in [0.15, 0.2) is 71.4 Å². The number of para-hydroxylation sites is 1. The van der Waals surface area contributed by atoms with E-state index in [-0.39, 0.29) is 12.5 Å². The Hall–Kier alpha value is -3.38. The first-order chi connectivity index (χ1) is 14.1. The third kappa shape index (κ3) is 4.22. The second-order valence-corrected chi connectivity index (χ2v) is 6.95. The molecule has 2 aromatic carbocycles. The van der Waals surface area contributed by atoms with Gasteiger partial charge >= 0.3 is 0 Å². The fourth-order valence-electron chi connectivity index (χ4n) is 3.11. The lowest BCUT2D eigenvalue weighted by molar-refractivity contribution is -0.116. The SMILES string of the molecule is CCc1ccccc1NC(=O)Cn1cccc1-c1nc(-c2cccc(Cl)c2)no1. The number of halogens is 1. The molecule has 0 radical (unpaired) electrons. The van der Waals surface area contributed by atoms with Crippen LogP contribution in [-0.4, -0.2) is 20.6 Å². The minimum Gasteiger partial charge on any atom is -0.334 e. The molecule has 4 rings (SSSR count). The van der Waals surface area contributed by atoms with Gasteiger partial charge in [0.25, 0.3) is 5.89 Å². The zero-order chi connectivity index (χ0) is 20.2. The Morgan fingerprint density at radius 3 is 2.83 bits per heavy atom. The van der Waals surface area contributed by atoms with Crippen LogP contribution in [0.25, 0.3) is 23.0 Å². The highest BCUT2D eigenvalue weighted by molar-refractivity contribution is 6.30. The zero-order valence-electron chi connectivity index (χ0n) is 15.8. The van der Waals surface area contributed by atoms with Gasteiger partial charge in [0.2, 0.25) is 11.7 Å². The van der Waals surface area contributed by atoms with Gasteiger partial charge in [-0.25, -0.2) is 0 Å². The maximum absolute atomic E-state index is 12.6. The third-order valence-corrected chi connectivity index (χ3v) is 4.78. The molecule has 0 aliphatic carbocycles. The number of carbonyl (C=O) groups is 1. The van der Waals surface area contributed by atoms with E-state index in [4.69, 9.17) is 16.1 Å². The third-order valence-electron chi connectivity index (χ3n) is 4.54. The molecule has 0 saturated heterocycles. The highest BCUT2D eigenvalue weighted by Gasteiger charge is 2.16. The van der Waals surface area contributed by atoms with E-state index in [0.717, 1.165) is 23.2 Å². The quantitative estimate of drug-likeness (QED) is 0.485. The lowest BCUT2D eigenvalue weighted by atomic mass is 10.1. The van der Waals surface area contributed by atoms with Crippen LogP contribution >= 0.6 is 11.6 Å². The van der Waals surface area contributed by atoms with Crippen LogP contribution in [0.5, 0.6) is 0 Å². The van der Waals surface area contributed by atoms with Crippen molar-refractivity contribution in [2.45, 2.75) is 19.9 Å². The van der Waals surface area contributed by atoms with E-state index in [1.54, 1.807) is 16.7 Å². The molecule has 0 bridgehead atoms. The molecule has 146 valence electrons. The molecule has 0 saturated carbocycles. The van der Waals surface area contributed by atoms with Gasteiger partial charge in [-0.05, 0) is 42.3 Å². The van der Waals surface area contributed by atoms with Crippen molar-refractivity contribution in [3.8, 4) is 23.0 Å². The summed E-state index contributed by atoms with van der Waals surface area (Å²) in [5.41, 5.74) is 3.36. The van der Waals surface area contributed by atoms with Crippen molar-refractivity contribution in [1.82, 2.24) is 14.7 Å². The molecule has 2 heterocycles. The number of amides is 1. The van der Waals surface area contributed by atoms with Crippen LogP contribution in [0.2, 0.25) is 5.02 Å². The monoisotopic (exact) mass is 406 g/mol. The Morgan fingerprint density at radius 1 is 1.14 bits per heavy atom. The molecule has 1 N–H and O–H groups in total. The summed E-state index contributed by atoms with van der Waals surface area (Å²) in [5, 5.41) is 7.61. The predicted octanol–water partition coefficient (Wildman–Crippen LogP) is 5.06. The Bertz CT molecular complexity index is 1150. The Labute approximate surface area is 173 Å². The summed E-state index contributed by atoms with van der Waals surface area (Å²) in [6.07, 6.45) is 2.66. The van der Waals surface area contributed by atoms with Crippen LogP contribution < -0.4 is 5.32 Å². The number of nitrogens with one attached hydrogen (secondary N) is 1. The average Bonchev–Trinajstić information content (AvgIpc) is 3.37. The first kappa shape index (κ1) is 19.0. The van der Waals surface area contributed by atoms with Crippen molar-refractivity contribution in [2.75, 3.05) is 5.32 Å². The number of benzene rings is 2. The number of aryl methyl sites for hydroxylation is 1. The fourth-order valence-corrected chi connectivity index (χ4v) is 3.30. The Balaban J connectivity index is 1.52. The van der Waals surface area contributed by atoms with Crippen LogP contribution in [0.4, 0.5) is 5.69 Å². The van der Waals surface area contributed by atoms with Crippen LogP contribution in [0.1, 0.15) is 12.5 Å². The van der Waals surface area contributed by atoms with E-state index in [1.165, 1.54) is 0 Å². The van der Waals surface area contributed by atoms with Gasteiger partial charge in [0.1, 0.15) is 12.2 Å². The second kappa shape index (κ2) is 8.32. The fraction of sp³-hybridized carbons (Fsp3) is 0.136. The minimum absolute atomic E-state index is 0.127. The highest BCUT2D eigenvalue weighted by atomic mass is 35.5. The molecule has 6 nitrogen and oxygen atoms in total. The first-order valence-corrected chi connectivity index (χ1v) is 9.64. The van der Waals surface area contributed by atoms with E-state index in [0.29, 0.717) is 22.4 Å². The summed E-state index contributed by atoms with van der Waals surface area (Å²) in [6, 6.07) is 18.7. The molecule has 0 atom stereocenters. The number of aromatic nitrogens is 3. The molecule has 2 aromatic heterocycles. The highest BCUT2D eigenvalue weighted by Crippen LogP contribution is 2.24. The van der Waals surface area contributed by atoms with Crippen molar-refractivity contribution < 1.29 is 9.32 Å². The van der Waals surface area contributed by atoms with Gasteiger partial charge in [-0.3, -0.25) is 4.79 Å². The van der Waals surface area contributed by atoms with Crippen molar-refractivity contribution in [3.63, 3.8) is 0 Å². The molecule has 1 amide bonds. The molecular weight excluding hydrogens is 388 g/mol. The van der Waals surface area contributed by atoms with Crippen molar-refractivity contribution in [3.05, 3.63) is 77.4 Å². The van der Waals surface area contributed by atoms with Crippen LogP contribution in [0.3, 0.4) is 0 Å². The number of nitrogens with zero attached hydrogens (tertiary/aromatic N) is 3. The normalized spacial score (nSPS) is 10.8. The lowest BCUT2D eigenvalue weighted by Crippen LogP contribution is -2.19. The summed E-state index contributed by atoms with van der Waals surface area (Å²) in [6.45, 7) is 2.19. The number of anilines is 1. The molecule has 0 aliphatic heterocycles. The first-order valence-electron chi connectivity index (χ1n) is 9.27. The van der Waals surface area contributed by atoms with Gasteiger partial charge in [-0.2, -0.15) is 4.98 Å². The number of rotatable bonds is 6. The molecule has 7 heteroatoms. The predicted molar refractivity (Wildman–Crippen MR) is 113 cm³/mol. The Morgan fingerprint density at radius 2 is 2.00 bits per heavy atom. The molecule has 0 fully saturated rings. The van der Waals surface area contributed by atoms with E-state index in [2.05, 4.69) is 22.4 Å². The number of hydrogen-bond acceptors (Lipinski definition) is 4. The zero-order valence-corrected chi connectivity index (χ0v) is 16.6. The molecule has 4 aromatic rings. The van der Waals surface area contributed by atoms with Crippen molar-refractivity contribution in [1.29, 1.82) is 0 Å². The van der Waals surface area contributed by atoms with E-state index < -0.39 is 0 Å². The van der Waals surface area contributed by atoms with Gasteiger partial charge in [0.15, 0.2) is 0 Å². The molecule has 29 heavy (non-hydrogen) atoms. The van der Waals surface area contributed by atoms with E-state index >= 15 is 0 Å². The maximum Gasteiger partial charge on any atom is 0.274 e. The van der Waals surface area contributed by atoms with Gasteiger partial charge < -0.3 is 14.4 Å². The van der Waals surface area contributed by atoms with Crippen LogP contribution in [0, 0.1) is 0 Å².